The van der Waals surface area contributed by atoms with E-state index in [-0.39, 0.29) is 10.6 Å². The zero-order valence-electron chi connectivity index (χ0n) is 16.3. The molecule has 1 fully saturated rings. The predicted octanol–water partition coefficient (Wildman–Crippen LogP) is 3.96. The second-order valence-corrected chi connectivity index (χ2v) is 9.31. The number of aromatic nitrogens is 1. The van der Waals surface area contributed by atoms with Crippen molar-refractivity contribution in [3.63, 3.8) is 0 Å². The van der Waals surface area contributed by atoms with Crippen molar-refractivity contribution in [2.45, 2.75) is 28.8 Å². The number of sulfone groups is 1. The summed E-state index contributed by atoms with van der Waals surface area (Å²) < 4.78 is 68.1. The molecule has 2 heterocycles. The summed E-state index contributed by atoms with van der Waals surface area (Å²) in [5.41, 5.74) is -1.03. The Balaban J connectivity index is 1.82. The average molecular weight is 451 g/mol. The first-order valence-corrected chi connectivity index (χ1v) is 11.2. The molecule has 3 aromatic rings. The molecular formula is C21H20F3N3O3S. The number of aromatic amines is 1. The van der Waals surface area contributed by atoms with Crippen LogP contribution >= 0.6 is 0 Å². The summed E-state index contributed by atoms with van der Waals surface area (Å²) in [6.45, 7) is 1.23. The number of hydrogen-bond acceptors (Lipinski definition) is 4. The van der Waals surface area contributed by atoms with Crippen molar-refractivity contribution in [3.8, 4) is 0 Å². The molecule has 0 radical (unpaired) electrons. The van der Waals surface area contributed by atoms with Gasteiger partial charge in [0, 0.05) is 23.0 Å². The van der Waals surface area contributed by atoms with Gasteiger partial charge in [0.1, 0.15) is 4.90 Å². The van der Waals surface area contributed by atoms with Gasteiger partial charge in [-0.25, -0.2) is 8.42 Å². The Labute approximate surface area is 176 Å². The van der Waals surface area contributed by atoms with E-state index in [0.717, 1.165) is 6.07 Å². The minimum absolute atomic E-state index is 0.284. The van der Waals surface area contributed by atoms with Crippen molar-refractivity contribution in [3.05, 3.63) is 54.2 Å². The van der Waals surface area contributed by atoms with Crippen molar-refractivity contribution < 1.29 is 26.4 Å². The maximum absolute atomic E-state index is 13.8. The number of carbonyl (C=O) groups excluding carboxylic acids is 1. The van der Waals surface area contributed by atoms with E-state index in [1.54, 1.807) is 12.3 Å². The average Bonchev–Trinajstić information content (AvgIpc) is 3.21. The number of benzene rings is 2. The van der Waals surface area contributed by atoms with Gasteiger partial charge in [-0.2, -0.15) is 13.2 Å². The second-order valence-electron chi connectivity index (χ2n) is 7.42. The van der Waals surface area contributed by atoms with Crippen LogP contribution in [0.2, 0.25) is 0 Å². The Morgan fingerprint density at radius 1 is 1.06 bits per heavy atom. The molecular weight excluding hydrogens is 431 g/mol. The Morgan fingerprint density at radius 2 is 1.81 bits per heavy atom. The van der Waals surface area contributed by atoms with Gasteiger partial charge in [-0.3, -0.25) is 4.79 Å². The number of piperidine rings is 1. The largest absolute Gasteiger partial charge is 0.417 e. The minimum Gasteiger partial charge on any atom is -0.361 e. The number of amides is 1. The van der Waals surface area contributed by atoms with Crippen LogP contribution in [0.15, 0.2) is 58.5 Å². The number of carbonyl (C=O) groups is 1. The van der Waals surface area contributed by atoms with Crippen molar-refractivity contribution >= 4 is 32.3 Å². The van der Waals surface area contributed by atoms with Crippen LogP contribution in [0.4, 0.5) is 18.9 Å². The Hall–Kier alpha value is -2.85. The highest BCUT2D eigenvalue weighted by Gasteiger charge is 2.40. The van der Waals surface area contributed by atoms with Crippen molar-refractivity contribution in [1.82, 2.24) is 10.3 Å². The molecule has 1 aliphatic heterocycles. The number of rotatable bonds is 4. The maximum atomic E-state index is 13.8. The fourth-order valence-electron chi connectivity index (χ4n) is 3.78. The Morgan fingerprint density at radius 3 is 2.52 bits per heavy atom. The van der Waals surface area contributed by atoms with E-state index in [1.807, 2.05) is 0 Å². The molecule has 10 heteroatoms. The third-order valence-corrected chi connectivity index (χ3v) is 7.24. The molecule has 6 nitrogen and oxygen atoms in total. The van der Waals surface area contributed by atoms with E-state index in [0.29, 0.717) is 42.9 Å². The number of alkyl halides is 3. The first kappa shape index (κ1) is 21.4. The number of fused-ring (bicyclic) bond motifs is 1. The highest BCUT2D eigenvalue weighted by Crippen LogP contribution is 2.40. The van der Waals surface area contributed by atoms with Crippen LogP contribution in [-0.2, 0) is 20.8 Å². The lowest BCUT2D eigenvalue weighted by Crippen LogP contribution is -2.35. The van der Waals surface area contributed by atoms with Gasteiger partial charge in [0.25, 0.3) is 0 Å². The lowest BCUT2D eigenvalue weighted by Gasteiger charge is -2.23. The van der Waals surface area contributed by atoms with Gasteiger partial charge in [0.05, 0.1) is 16.1 Å². The van der Waals surface area contributed by atoms with E-state index in [1.165, 1.54) is 24.3 Å². The molecule has 1 amide bonds. The molecule has 3 N–H and O–H groups in total. The zero-order chi connectivity index (χ0) is 22.2. The summed E-state index contributed by atoms with van der Waals surface area (Å²) in [4.78, 5) is 14.3. The van der Waals surface area contributed by atoms with Crippen LogP contribution in [0.3, 0.4) is 0 Å². The first-order valence-electron chi connectivity index (χ1n) is 9.72. The van der Waals surface area contributed by atoms with Crippen molar-refractivity contribution in [1.29, 1.82) is 0 Å². The third-order valence-electron chi connectivity index (χ3n) is 5.39. The molecule has 31 heavy (non-hydrogen) atoms. The number of H-pyrrole nitrogens is 1. The Kier molecular flexibility index (Phi) is 5.52. The van der Waals surface area contributed by atoms with Crippen LogP contribution in [0.25, 0.3) is 10.9 Å². The highest BCUT2D eigenvalue weighted by molar-refractivity contribution is 7.91. The van der Waals surface area contributed by atoms with Gasteiger partial charge in [0.2, 0.25) is 15.7 Å². The third kappa shape index (κ3) is 4.17. The van der Waals surface area contributed by atoms with Crippen LogP contribution < -0.4 is 10.6 Å². The lowest BCUT2D eigenvalue weighted by atomic mass is 9.97. The van der Waals surface area contributed by atoms with Crippen molar-refractivity contribution in [2.75, 3.05) is 18.4 Å². The molecule has 0 bridgehead atoms. The summed E-state index contributed by atoms with van der Waals surface area (Å²) in [5, 5.41) is 6.10. The van der Waals surface area contributed by atoms with Crippen LogP contribution in [0.1, 0.15) is 18.4 Å². The molecule has 0 atom stereocenters. The Bertz CT molecular complexity index is 1230. The molecule has 0 unspecified atom stereocenters. The van der Waals surface area contributed by atoms with Gasteiger partial charge >= 0.3 is 6.18 Å². The van der Waals surface area contributed by atoms with Crippen LogP contribution in [0.5, 0.6) is 0 Å². The van der Waals surface area contributed by atoms with Crippen molar-refractivity contribution in [2.24, 2.45) is 5.92 Å². The van der Waals surface area contributed by atoms with Gasteiger partial charge in [-0.1, -0.05) is 6.07 Å². The fourth-order valence-corrected chi connectivity index (χ4v) is 5.43. The van der Waals surface area contributed by atoms with E-state index < -0.39 is 38.3 Å². The van der Waals surface area contributed by atoms with Gasteiger partial charge < -0.3 is 15.6 Å². The van der Waals surface area contributed by atoms with Gasteiger partial charge in [-0.15, -0.1) is 0 Å². The van der Waals surface area contributed by atoms with Gasteiger partial charge in [-0.05, 0) is 62.3 Å². The van der Waals surface area contributed by atoms with Crippen LogP contribution in [0, 0.1) is 5.92 Å². The summed E-state index contributed by atoms with van der Waals surface area (Å²) in [7, 11) is -4.59. The van der Waals surface area contributed by atoms with E-state index in [9.17, 15) is 26.4 Å². The van der Waals surface area contributed by atoms with Gasteiger partial charge in [0.15, 0.2) is 0 Å². The number of hydrogen-bond donors (Lipinski definition) is 3. The molecule has 1 aromatic heterocycles. The molecule has 164 valence electrons. The fraction of sp³-hybridized carbons (Fsp3) is 0.286. The number of anilines is 1. The molecule has 0 spiro atoms. The second kappa shape index (κ2) is 8.01. The highest BCUT2D eigenvalue weighted by atomic mass is 32.2. The lowest BCUT2D eigenvalue weighted by molar-refractivity contribution is -0.139. The summed E-state index contributed by atoms with van der Waals surface area (Å²) in [5.74, 6) is -0.888. The van der Waals surface area contributed by atoms with E-state index in [4.69, 9.17) is 0 Å². The minimum atomic E-state index is -4.92. The monoisotopic (exact) mass is 451 g/mol. The molecule has 2 aromatic carbocycles. The topological polar surface area (TPSA) is 91.1 Å². The normalized spacial score (nSPS) is 15.8. The predicted molar refractivity (Wildman–Crippen MR) is 109 cm³/mol. The SMILES string of the molecule is O=C(Nc1cccc(C(F)(F)F)c1S(=O)(=O)c1ccc2[nH]ccc2c1)C1CCNCC1. The first-order chi connectivity index (χ1) is 14.7. The summed E-state index contributed by atoms with van der Waals surface area (Å²) in [6, 6.07) is 8.68. The number of halogens is 3. The molecule has 1 aliphatic rings. The molecule has 0 aliphatic carbocycles. The summed E-state index contributed by atoms with van der Waals surface area (Å²) in [6.07, 6.45) is -2.26. The number of nitrogens with one attached hydrogen (secondary N) is 3. The van der Waals surface area contributed by atoms with E-state index in [2.05, 4.69) is 15.6 Å². The molecule has 1 saturated heterocycles. The van der Waals surface area contributed by atoms with Crippen LogP contribution in [-0.4, -0.2) is 32.4 Å². The smallest absolute Gasteiger partial charge is 0.361 e. The standard InChI is InChI=1S/C21H20F3N3O3S/c22-21(23,24)16-2-1-3-18(27-20(28)13-6-9-25-10-7-13)19(16)31(29,30)15-4-5-17-14(12-15)8-11-26-17/h1-5,8,11-13,25-26H,6-7,9-10H2,(H,27,28). The molecule has 4 rings (SSSR count). The zero-order valence-corrected chi connectivity index (χ0v) is 17.1. The summed E-state index contributed by atoms with van der Waals surface area (Å²) >= 11 is 0. The quantitative estimate of drug-likeness (QED) is 0.560. The van der Waals surface area contributed by atoms with E-state index >= 15 is 0 Å². The maximum Gasteiger partial charge on any atom is 0.417 e. The molecule has 0 saturated carbocycles.